The molecular formula is C13H14AsF6NO2S. The van der Waals surface area contributed by atoms with Crippen LogP contribution in [0.4, 0.5) is 26.3 Å². The number of benzene rings is 1. The summed E-state index contributed by atoms with van der Waals surface area (Å²) in [7, 11) is -4.18. The molecule has 1 aromatic carbocycles. The zero-order valence-corrected chi connectivity index (χ0v) is 15.3. The van der Waals surface area contributed by atoms with E-state index < -0.39 is 37.0 Å². The van der Waals surface area contributed by atoms with Crippen molar-refractivity contribution in [2.45, 2.75) is 35.3 Å². The van der Waals surface area contributed by atoms with Gasteiger partial charge in [0.05, 0.1) is 0 Å². The minimum absolute atomic E-state index is 0.0366. The molecular weight excluding hydrogens is 423 g/mol. The quantitative estimate of drug-likeness (QED) is 0.524. The van der Waals surface area contributed by atoms with Crippen molar-refractivity contribution in [2.24, 2.45) is 0 Å². The predicted octanol–water partition coefficient (Wildman–Crippen LogP) is 3.21. The van der Waals surface area contributed by atoms with E-state index in [9.17, 15) is 34.8 Å². The van der Waals surface area contributed by atoms with Crippen LogP contribution in [-0.4, -0.2) is 55.0 Å². The van der Waals surface area contributed by atoms with Crippen LogP contribution >= 0.6 is 0 Å². The Kier molecular flexibility index (Phi) is 6.11. The summed E-state index contributed by atoms with van der Waals surface area (Å²) in [6, 6.07) is 2.87. The number of nitrogens with zero attached hydrogens (tertiary/aromatic N) is 1. The molecule has 0 aliphatic heterocycles. The molecule has 1 rings (SSSR count). The van der Waals surface area contributed by atoms with E-state index in [1.54, 1.807) is 0 Å². The van der Waals surface area contributed by atoms with Crippen LogP contribution in [0.25, 0.3) is 0 Å². The van der Waals surface area contributed by atoms with Gasteiger partial charge in [-0.25, -0.2) is 0 Å². The Bertz CT molecular complexity index is 668. The fourth-order valence-corrected chi connectivity index (χ4v) is 3.88. The van der Waals surface area contributed by atoms with Gasteiger partial charge in [0.25, 0.3) is 0 Å². The Morgan fingerprint density at radius 3 is 1.83 bits per heavy atom. The molecule has 2 radical (unpaired) electrons. The molecule has 0 aliphatic carbocycles. The average molecular weight is 437 g/mol. The molecule has 0 fully saturated rings. The summed E-state index contributed by atoms with van der Waals surface area (Å²) in [6.45, 7) is 3.10. The van der Waals surface area contributed by atoms with Crippen LogP contribution in [0.3, 0.4) is 0 Å². The van der Waals surface area contributed by atoms with Crippen molar-refractivity contribution in [3.05, 3.63) is 29.8 Å². The topological polar surface area (TPSA) is 37.4 Å². The van der Waals surface area contributed by atoms with Gasteiger partial charge >= 0.3 is 144 Å². The van der Waals surface area contributed by atoms with E-state index in [1.807, 2.05) is 0 Å². The second-order valence-corrected chi connectivity index (χ2v) is 8.17. The molecule has 0 saturated heterocycles. The summed E-state index contributed by atoms with van der Waals surface area (Å²) < 4.78 is 100. The van der Waals surface area contributed by atoms with Crippen molar-refractivity contribution in [2.75, 3.05) is 13.1 Å². The molecule has 0 unspecified atom stereocenters. The summed E-state index contributed by atoms with van der Waals surface area (Å²) in [5, 5.41) is 0. The zero-order chi connectivity index (χ0) is 19.0. The van der Waals surface area contributed by atoms with Crippen LogP contribution in [0.5, 0.6) is 0 Å². The molecule has 0 amide bonds. The van der Waals surface area contributed by atoms with E-state index in [-0.39, 0.29) is 13.1 Å². The van der Waals surface area contributed by atoms with E-state index in [0.717, 1.165) is 16.4 Å². The Morgan fingerprint density at radius 2 is 1.46 bits per heavy atom. The third kappa shape index (κ3) is 3.60. The standard InChI is InChI=1S/C13H14AsF6NO2S/c1-3-21(4-2)24(22,23)10-7-5-6-9(8-10)11(14,12(15,16)17)13(18,19)20/h5-8H,3-4H2,1-2H3. The first-order chi connectivity index (χ1) is 10.7. The van der Waals surface area contributed by atoms with Crippen molar-refractivity contribution >= 4 is 26.9 Å². The maximum absolute atomic E-state index is 13.1. The van der Waals surface area contributed by atoms with Gasteiger partial charge in [-0.15, -0.1) is 0 Å². The fraction of sp³-hybridized carbons (Fsp3) is 0.538. The second-order valence-electron chi connectivity index (χ2n) is 4.82. The van der Waals surface area contributed by atoms with Crippen LogP contribution in [0.1, 0.15) is 19.4 Å². The van der Waals surface area contributed by atoms with Crippen molar-refractivity contribution in [3.8, 4) is 0 Å². The molecule has 3 nitrogen and oxygen atoms in total. The van der Waals surface area contributed by atoms with Gasteiger partial charge < -0.3 is 0 Å². The van der Waals surface area contributed by atoms with Crippen LogP contribution in [0.2, 0.25) is 0 Å². The summed E-state index contributed by atoms with van der Waals surface area (Å²) >= 11 is 0.580. The van der Waals surface area contributed by atoms with Crippen LogP contribution in [0.15, 0.2) is 29.2 Å². The summed E-state index contributed by atoms with van der Waals surface area (Å²) in [6.07, 6.45) is -11.3. The van der Waals surface area contributed by atoms with E-state index >= 15 is 0 Å². The van der Waals surface area contributed by atoms with Gasteiger partial charge in [0, 0.05) is 0 Å². The first-order valence-electron chi connectivity index (χ1n) is 6.70. The molecule has 0 atom stereocenters. The first kappa shape index (κ1) is 21.3. The van der Waals surface area contributed by atoms with Gasteiger partial charge in [-0.1, -0.05) is 0 Å². The molecule has 0 spiro atoms. The maximum atomic E-state index is 13.1. The average Bonchev–Trinajstić information content (AvgIpc) is 2.45. The molecule has 0 aromatic heterocycles. The van der Waals surface area contributed by atoms with E-state index in [0.29, 0.717) is 29.0 Å². The molecule has 0 aliphatic rings. The molecule has 0 bridgehead atoms. The normalized spacial score (nSPS) is 14.2. The summed E-state index contributed by atoms with van der Waals surface area (Å²) in [4.78, 5) is -0.618. The van der Waals surface area contributed by atoms with Gasteiger partial charge in [-0.05, 0) is 0 Å². The van der Waals surface area contributed by atoms with Crippen molar-refractivity contribution < 1.29 is 34.8 Å². The predicted molar refractivity (Wildman–Crippen MR) is 76.1 cm³/mol. The Morgan fingerprint density at radius 1 is 1.00 bits per heavy atom. The van der Waals surface area contributed by atoms with Crippen LogP contribution < -0.4 is 0 Å². The van der Waals surface area contributed by atoms with Gasteiger partial charge in [0.2, 0.25) is 0 Å². The molecule has 0 saturated carbocycles. The van der Waals surface area contributed by atoms with E-state index in [4.69, 9.17) is 0 Å². The van der Waals surface area contributed by atoms with E-state index in [1.165, 1.54) is 13.8 Å². The number of rotatable bonds is 5. The summed E-state index contributed by atoms with van der Waals surface area (Å²) in [5.41, 5.74) is -1.20. The van der Waals surface area contributed by atoms with Gasteiger partial charge in [-0.2, -0.15) is 0 Å². The summed E-state index contributed by atoms with van der Waals surface area (Å²) in [5.74, 6) is 0. The Hall–Kier alpha value is -0.732. The number of halogens is 6. The Balaban J connectivity index is 3.60. The number of alkyl halides is 6. The number of hydrogen-bond donors (Lipinski definition) is 0. The molecule has 136 valence electrons. The molecule has 1 aromatic rings. The van der Waals surface area contributed by atoms with Crippen molar-refractivity contribution in [3.63, 3.8) is 0 Å². The van der Waals surface area contributed by atoms with E-state index in [2.05, 4.69) is 0 Å². The Labute approximate surface area is 144 Å². The van der Waals surface area contributed by atoms with Gasteiger partial charge in [-0.3, -0.25) is 0 Å². The van der Waals surface area contributed by atoms with Crippen LogP contribution in [0, 0.1) is 0 Å². The molecule has 24 heavy (non-hydrogen) atoms. The molecule has 0 heterocycles. The van der Waals surface area contributed by atoms with Gasteiger partial charge in [0.15, 0.2) is 0 Å². The molecule has 0 N–H and O–H groups in total. The van der Waals surface area contributed by atoms with Crippen LogP contribution in [-0.2, 0) is 14.2 Å². The fourth-order valence-electron chi connectivity index (χ4n) is 2.08. The monoisotopic (exact) mass is 437 g/mol. The molecule has 11 heteroatoms. The van der Waals surface area contributed by atoms with Crippen molar-refractivity contribution in [1.29, 1.82) is 0 Å². The number of hydrogen-bond acceptors (Lipinski definition) is 2. The van der Waals surface area contributed by atoms with Crippen molar-refractivity contribution in [1.82, 2.24) is 4.31 Å². The number of sulfonamides is 1. The van der Waals surface area contributed by atoms with Gasteiger partial charge in [0.1, 0.15) is 0 Å². The third-order valence-electron chi connectivity index (χ3n) is 3.42. The zero-order valence-electron chi connectivity index (χ0n) is 12.6. The SMILES string of the molecule is CCN(CC)S(=O)(=O)c1cccc(C([As])(C(F)(F)F)C(F)(F)F)c1. The third-order valence-corrected chi connectivity index (χ3v) is 7.07. The first-order valence-corrected chi connectivity index (χ1v) is 9.07. The minimum atomic E-state index is -5.66. The second kappa shape index (κ2) is 6.88.